The van der Waals surface area contributed by atoms with Gasteiger partial charge in [-0.3, -0.25) is 0 Å². The van der Waals surface area contributed by atoms with Gasteiger partial charge in [0, 0.05) is 5.54 Å². The number of benzene rings is 1. The zero-order chi connectivity index (χ0) is 12.6. The van der Waals surface area contributed by atoms with Crippen molar-refractivity contribution in [2.75, 3.05) is 6.54 Å². The molecule has 1 aromatic carbocycles. The molecule has 0 bridgehead atoms. The van der Waals surface area contributed by atoms with Crippen molar-refractivity contribution in [1.82, 2.24) is 5.32 Å². The summed E-state index contributed by atoms with van der Waals surface area (Å²) in [7, 11) is 0. The maximum atomic E-state index is 3.75. The molecule has 0 saturated heterocycles. The lowest BCUT2D eigenvalue weighted by molar-refractivity contribution is 0.290. The van der Waals surface area contributed by atoms with E-state index in [0.717, 1.165) is 6.54 Å². The van der Waals surface area contributed by atoms with Crippen LogP contribution in [0, 0.1) is 0 Å². The number of aryl methyl sites for hydroxylation is 1. The van der Waals surface area contributed by atoms with Crippen LogP contribution in [0.25, 0.3) is 0 Å². The van der Waals surface area contributed by atoms with Crippen LogP contribution in [0.1, 0.15) is 52.0 Å². The van der Waals surface area contributed by atoms with E-state index in [2.05, 4.69) is 56.4 Å². The number of nitrogens with one attached hydrogen (secondary N) is 1. The molecular formula is C16H27N. The summed E-state index contributed by atoms with van der Waals surface area (Å²) in [6.45, 7) is 8.00. The van der Waals surface area contributed by atoms with E-state index in [1.165, 1.54) is 37.7 Å². The second kappa shape index (κ2) is 7.50. The first-order valence-electron chi connectivity index (χ1n) is 7.05. The molecule has 0 atom stereocenters. The normalized spacial score (nSPS) is 11.7. The summed E-state index contributed by atoms with van der Waals surface area (Å²) >= 11 is 0. The summed E-state index contributed by atoms with van der Waals surface area (Å²) in [6, 6.07) is 10.8. The molecule has 0 aliphatic rings. The van der Waals surface area contributed by atoms with Crippen molar-refractivity contribution in [1.29, 1.82) is 0 Å². The topological polar surface area (TPSA) is 12.0 Å². The maximum absolute atomic E-state index is 3.75. The van der Waals surface area contributed by atoms with Crippen molar-refractivity contribution in [2.24, 2.45) is 0 Å². The van der Waals surface area contributed by atoms with Crippen LogP contribution >= 0.6 is 0 Å². The predicted molar refractivity (Wildman–Crippen MR) is 76.4 cm³/mol. The highest BCUT2D eigenvalue weighted by Gasteiger charge is 2.21. The van der Waals surface area contributed by atoms with Gasteiger partial charge in [-0.1, -0.05) is 51.1 Å². The Hall–Kier alpha value is -0.820. The van der Waals surface area contributed by atoms with Crippen LogP contribution in [-0.2, 0) is 6.42 Å². The first-order chi connectivity index (χ1) is 8.26. The average molecular weight is 233 g/mol. The maximum Gasteiger partial charge on any atom is 0.0173 e. The summed E-state index contributed by atoms with van der Waals surface area (Å²) in [5.41, 5.74) is 1.82. The molecule has 0 heterocycles. The van der Waals surface area contributed by atoms with Gasteiger partial charge in [-0.15, -0.1) is 0 Å². The highest BCUT2D eigenvalue weighted by Crippen LogP contribution is 2.19. The Kier molecular flexibility index (Phi) is 6.28. The lowest BCUT2D eigenvalue weighted by Gasteiger charge is -2.32. The Morgan fingerprint density at radius 2 is 1.53 bits per heavy atom. The van der Waals surface area contributed by atoms with Gasteiger partial charge in [-0.25, -0.2) is 0 Å². The van der Waals surface area contributed by atoms with Crippen molar-refractivity contribution in [3.05, 3.63) is 35.9 Å². The van der Waals surface area contributed by atoms with Gasteiger partial charge in [0.2, 0.25) is 0 Å². The van der Waals surface area contributed by atoms with Crippen LogP contribution in [0.5, 0.6) is 0 Å². The van der Waals surface area contributed by atoms with E-state index in [-0.39, 0.29) is 0 Å². The number of hydrogen-bond acceptors (Lipinski definition) is 1. The molecule has 0 fully saturated rings. The molecule has 1 aromatic rings. The van der Waals surface area contributed by atoms with Gasteiger partial charge in [-0.2, -0.15) is 0 Å². The van der Waals surface area contributed by atoms with Crippen molar-refractivity contribution < 1.29 is 0 Å². The molecule has 1 N–H and O–H groups in total. The van der Waals surface area contributed by atoms with Crippen LogP contribution in [0.15, 0.2) is 30.3 Å². The molecule has 1 rings (SSSR count). The highest BCUT2D eigenvalue weighted by molar-refractivity contribution is 5.14. The smallest absolute Gasteiger partial charge is 0.0173 e. The van der Waals surface area contributed by atoms with E-state index in [9.17, 15) is 0 Å². The van der Waals surface area contributed by atoms with Crippen LogP contribution in [0.3, 0.4) is 0 Å². The van der Waals surface area contributed by atoms with E-state index >= 15 is 0 Å². The Labute approximate surface area is 107 Å². The number of rotatable bonds is 8. The molecule has 0 aliphatic heterocycles. The standard InChI is InChI=1S/C16H27N/c1-4-16(5-2,6-3)17-14-10-13-15-11-8-7-9-12-15/h7-9,11-12,17H,4-6,10,13-14H2,1-3H3. The van der Waals surface area contributed by atoms with Crippen LogP contribution in [-0.4, -0.2) is 12.1 Å². The molecular weight excluding hydrogens is 206 g/mol. The predicted octanol–water partition coefficient (Wildman–Crippen LogP) is 4.18. The van der Waals surface area contributed by atoms with E-state index < -0.39 is 0 Å². The van der Waals surface area contributed by atoms with Crippen LogP contribution < -0.4 is 5.32 Å². The Balaban J connectivity index is 2.28. The average Bonchev–Trinajstić information content (AvgIpc) is 2.41. The fourth-order valence-electron chi connectivity index (χ4n) is 2.42. The zero-order valence-electron chi connectivity index (χ0n) is 11.6. The van der Waals surface area contributed by atoms with Gasteiger partial charge in [0.15, 0.2) is 0 Å². The van der Waals surface area contributed by atoms with E-state index in [4.69, 9.17) is 0 Å². The van der Waals surface area contributed by atoms with E-state index in [1.807, 2.05) is 0 Å². The number of hydrogen-bond donors (Lipinski definition) is 1. The molecule has 0 aromatic heterocycles. The summed E-state index contributed by atoms with van der Waals surface area (Å²) in [6.07, 6.45) is 6.09. The quantitative estimate of drug-likeness (QED) is 0.664. The molecule has 0 radical (unpaired) electrons. The summed E-state index contributed by atoms with van der Waals surface area (Å²) in [5, 5.41) is 3.75. The molecule has 0 saturated carbocycles. The Bertz CT molecular complexity index is 279. The van der Waals surface area contributed by atoms with Crippen LogP contribution in [0.2, 0.25) is 0 Å². The second-order valence-corrected chi connectivity index (χ2v) is 4.86. The lowest BCUT2D eigenvalue weighted by atomic mass is 9.89. The van der Waals surface area contributed by atoms with Gasteiger partial charge in [0.1, 0.15) is 0 Å². The monoisotopic (exact) mass is 233 g/mol. The van der Waals surface area contributed by atoms with Gasteiger partial charge >= 0.3 is 0 Å². The van der Waals surface area contributed by atoms with Gasteiger partial charge < -0.3 is 5.32 Å². The first kappa shape index (κ1) is 14.2. The fraction of sp³-hybridized carbons (Fsp3) is 0.625. The van der Waals surface area contributed by atoms with E-state index in [0.29, 0.717) is 5.54 Å². The first-order valence-corrected chi connectivity index (χ1v) is 7.05. The molecule has 96 valence electrons. The SMILES string of the molecule is CCC(CC)(CC)NCCCc1ccccc1. The fourth-order valence-corrected chi connectivity index (χ4v) is 2.42. The summed E-state index contributed by atoms with van der Waals surface area (Å²) < 4.78 is 0. The third-order valence-electron chi connectivity index (χ3n) is 4.02. The Morgan fingerprint density at radius 3 is 2.06 bits per heavy atom. The molecule has 1 heteroatoms. The van der Waals surface area contributed by atoms with Gasteiger partial charge in [0.25, 0.3) is 0 Å². The van der Waals surface area contributed by atoms with Crippen molar-refractivity contribution in [2.45, 2.75) is 58.4 Å². The second-order valence-electron chi connectivity index (χ2n) is 4.86. The minimum absolute atomic E-state index is 0.372. The third-order valence-corrected chi connectivity index (χ3v) is 4.02. The summed E-state index contributed by atoms with van der Waals surface area (Å²) in [5.74, 6) is 0. The van der Waals surface area contributed by atoms with Gasteiger partial charge in [0.05, 0.1) is 0 Å². The molecule has 0 spiro atoms. The van der Waals surface area contributed by atoms with E-state index in [1.54, 1.807) is 0 Å². The molecule has 0 amide bonds. The third kappa shape index (κ3) is 4.51. The Morgan fingerprint density at radius 1 is 0.941 bits per heavy atom. The van der Waals surface area contributed by atoms with Crippen molar-refractivity contribution in [3.8, 4) is 0 Å². The van der Waals surface area contributed by atoms with Crippen molar-refractivity contribution in [3.63, 3.8) is 0 Å². The molecule has 1 nitrogen and oxygen atoms in total. The zero-order valence-corrected chi connectivity index (χ0v) is 11.6. The highest BCUT2D eigenvalue weighted by atomic mass is 15.0. The lowest BCUT2D eigenvalue weighted by Crippen LogP contribution is -2.44. The minimum atomic E-state index is 0.372. The minimum Gasteiger partial charge on any atom is -0.311 e. The van der Waals surface area contributed by atoms with Gasteiger partial charge in [-0.05, 0) is 44.2 Å². The molecule has 0 aliphatic carbocycles. The molecule has 0 unspecified atom stereocenters. The summed E-state index contributed by atoms with van der Waals surface area (Å²) in [4.78, 5) is 0. The van der Waals surface area contributed by atoms with Crippen molar-refractivity contribution >= 4 is 0 Å². The largest absolute Gasteiger partial charge is 0.311 e. The molecule has 17 heavy (non-hydrogen) atoms. The van der Waals surface area contributed by atoms with Crippen LogP contribution in [0.4, 0.5) is 0 Å².